The first kappa shape index (κ1) is 17.0. The maximum atomic E-state index is 12.6. The van der Waals surface area contributed by atoms with Crippen LogP contribution in [0.25, 0.3) is 0 Å². The first-order chi connectivity index (χ1) is 12.0. The normalized spacial score (nSPS) is 14.6. The summed E-state index contributed by atoms with van der Waals surface area (Å²) in [5, 5.41) is 3.15. The Morgan fingerprint density at radius 2 is 1.76 bits per heavy atom. The van der Waals surface area contributed by atoms with Crippen LogP contribution in [0.4, 0.5) is 0 Å². The van der Waals surface area contributed by atoms with Gasteiger partial charge in [-0.15, -0.1) is 0 Å². The number of rotatable bonds is 7. The maximum Gasteiger partial charge on any atom is 0.255 e. The van der Waals surface area contributed by atoms with Crippen molar-refractivity contribution < 1.29 is 14.3 Å². The quantitative estimate of drug-likeness (QED) is 0.814. The summed E-state index contributed by atoms with van der Waals surface area (Å²) in [5.74, 6) is 0.364. The van der Waals surface area contributed by atoms with E-state index < -0.39 is 5.91 Å². The lowest BCUT2D eigenvalue weighted by molar-refractivity contribution is -0.119. The highest BCUT2D eigenvalue weighted by atomic mass is 16.5. The summed E-state index contributed by atoms with van der Waals surface area (Å²) >= 11 is 0. The zero-order valence-corrected chi connectivity index (χ0v) is 14.2. The van der Waals surface area contributed by atoms with Crippen molar-refractivity contribution in [3.63, 3.8) is 0 Å². The Kier molecular flexibility index (Phi) is 5.03. The lowest BCUT2D eigenvalue weighted by Gasteiger charge is -2.19. The number of ether oxygens (including phenoxy) is 1. The van der Waals surface area contributed by atoms with E-state index in [4.69, 9.17) is 10.5 Å². The van der Waals surface area contributed by atoms with Crippen molar-refractivity contribution in [1.29, 1.82) is 0 Å². The molecule has 1 fully saturated rings. The molecule has 1 atom stereocenters. The lowest BCUT2D eigenvalue weighted by atomic mass is 10.0. The van der Waals surface area contributed by atoms with Gasteiger partial charge in [0.2, 0.25) is 0 Å². The van der Waals surface area contributed by atoms with E-state index in [0.717, 1.165) is 18.4 Å². The predicted molar refractivity (Wildman–Crippen MR) is 95.2 cm³/mol. The molecule has 3 N–H and O–H groups in total. The van der Waals surface area contributed by atoms with Crippen LogP contribution in [0.1, 0.15) is 40.4 Å². The van der Waals surface area contributed by atoms with Crippen molar-refractivity contribution in [3.8, 4) is 5.75 Å². The van der Waals surface area contributed by atoms with Crippen LogP contribution in [-0.4, -0.2) is 18.4 Å². The molecule has 0 radical (unpaired) electrons. The van der Waals surface area contributed by atoms with Gasteiger partial charge in [0.25, 0.3) is 11.8 Å². The molecule has 0 saturated heterocycles. The zero-order valence-electron chi connectivity index (χ0n) is 14.2. The molecule has 0 heterocycles. The minimum Gasteiger partial charge on any atom is -0.484 e. The van der Waals surface area contributed by atoms with Gasteiger partial charge >= 0.3 is 0 Å². The molecule has 1 aliphatic rings. The Morgan fingerprint density at radius 3 is 2.32 bits per heavy atom. The fourth-order valence-electron chi connectivity index (χ4n) is 2.76. The maximum absolute atomic E-state index is 12.6. The number of hydrogen-bond acceptors (Lipinski definition) is 3. The third-order valence-corrected chi connectivity index (χ3v) is 4.31. The van der Waals surface area contributed by atoms with Crippen molar-refractivity contribution in [2.24, 2.45) is 11.7 Å². The molecule has 1 saturated carbocycles. The van der Waals surface area contributed by atoms with Gasteiger partial charge < -0.3 is 15.8 Å². The second-order valence-electron chi connectivity index (χ2n) is 6.48. The Morgan fingerprint density at radius 1 is 1.12 bits per heavy atom. The number of benzene rings is 2. The second kappa shape index (κ2) is 7.38. The number of nitrogens with two attached hydrogens (primary N) is 1. The van der Waals surface area contributed by atoms with Gasteiger partial charge in [-0.2, -0.15) is 0 Å². The molecule has 3 rings (SSSR count). The summed E-state index contributed by atoms with van der Waals surface area (Å²) in [7, 11) is 0. The van der Waals surface area contributed by atoms with Gasteiger partial charge in [-0.25, -0.2) is 0 Å². The minimum absolute atomic E-state index is 0.0406. The number of aryl methyl sites for hydroxylation is 1. The average molecular weight is 338 g/mol. The first-order valence-electron chi connectivity index (χ1n) is 8.41. The van der Waals surface area contributed by atoms with E-state index >= 15 is 0 Å². The number of nitrogens with one attached hydrogen (secondary N) is 1. The van der Waals surface area contributed by atoms with Crippen molar-refractivity contribution in [2.45, 2.75) is 25.8 Å². The first-order valence-corrected chi connectivity index (χ1v) is 8.41. The molecule has 0 aliphatic heterocycles. The Balaban J connectivity index is 1.67. The molecule has 5 heteroatoms. The van der Waals surface area contributed by atoms with Crippen molar-refractivity contribution in [3.05, 3.63) is 65.2 Å². The van der Waals surface area contributed by atoms with Gasteiger partial charge in [-0.1, -0.05) is 29.8 Å². The fourth-order valence-corrected chi connectivity index (χ4v) is 2.76. The van der Waals surface area contributed by atoms with E-state index in [1.165, 1.54) is 5.56 Å². The Bertz CT molecular complexity index is 750. The van der Waals surface area contributed by atoms with Crippen molar-refractivity contribution >= 4 is 11.8 Å². The van der Waals surface area contributed by atoms with Crippen molar-refractivity contribution in [2.75, 3.05) is 6.61 Å². The number of primary amides is 1. The summed E-state index contributed by atoms with van der Waals surface area (Å²) in [4.78, 5) is 23.3. The van der Waals surface area contributed by atoms with Gasteiger partial charge in [0.1, 0.15) is 5.75 Å². The van der Waals surface area contributed by atoms with Gasteiger partial charge in [0.15, 0.2) is 6.61 Å². The number of hydrogen-bond donors (Lipinski definition) is 2. The molecule has 2 aromatic rings. The molecule has 1 aliphatic carbocycles. The second-order valence-corrected chi connectivity index (χ2v) is 6.48. The average Bonchev–Trinajstić information content (AvgIpc) is 3.44. The van der Waals surface area contributed by atoms with Crippen molar-refractivity contribution in [1.82, 2.24) is 5.32 Å². The highest BCUT2D eigenvalue weighted by Crippen LogP contribution is 2.41. The third kappa shape index (κ3) is 4.59. The van der Waals surface area contributed by atoms with E-state index in [9.17, 15) is 9.59 Å². The summed E-state index contributed by atoms with van der Waals surface area (Å²) in [6.07, 6.45) is 2.28. The highest BCUT2D eigenvalue weighted by Gasteiger charge is 2.33. The molecular formula is C20H22N2O3. The van der Waals surface area contributed by atoms with E-state index in [0.29, 0.717) is 17.2 Å². The van der Waals surface area contributed by atoms with Crippen LogP contribution < -0.4 is 15.8 Å². The third-order valence-electron chi connectivity index (χ3n) is 4.31. The summed E-state index contributed by atoms with van der Waals surface area (Å²) in [5.41, 5.74) is 7.95. The Labute approximate surface area is 147 Å². The minimum atomic E-state index is -0.535. The summed E-state index contributed by atoms with van der Waals surface area (Å²) in [6.45, 7) is 1.87. The van der Waals surface area contributed by atoms with E-state index in [1.807, 2.05) is 0 Å². The van der Waals surface area contributed by atoms with Gasteiger partial charge in [0.05, 0.1) is 6.04 Å². The van der Waals surface area contributed by atoms with Crippen LogP contribution in [-0.2, 0) is 4.79 Å². The molecule has 5 nitrogen and oxygen atoms in total. The number of carbonyl (C=O) groups excluding carboxylic acids is 2. The molecule has 130 valence electrons. The molecule has 0 aromatic heterocycles. The molecule has 0 spiro atoms. The van der Waals surface area contributed by atoms with Gasteiger partial charge in [-0.05, 0) is 55.5 Å². The topological polar surface area (TPSA) is 81.4 Å². The molecule has 2 amide bonds. The molecule has 1 unspecified atom stereocenters. The van der Waals surface area contributed by atoms with Gasteiger partial charge in [-0.3, -0.25) is 9.59 Å². The predicted octanol–water partition coefficient (Wildman–Crippen LogP) is 2.74. The molecular weight excluding hydrogens is 316 g/mol. The zero-order chi connectivity index (χ0) is 17.8. The highest BCUT2D eigenvalue weighted by molar-refractivity contribution is 5.94. The van der Waals surface area contributed by atoms with E-state index in [2.05, 4.69) is 36.5 Å². The smallest absolute Gasteiger partial charge is 0.255 e. The van der Waals surface area contributed by atoms with Crippen LogP contribution in [0.3, 0.4) is 0 Å². The fraction of sp³-hybridized carbons (Fsp3) is 0.300. The Hall–Kier alpha value is -2.82. The SMILES string of the molecule is Cc1ccc(C(NC(=O)c2ccc(OCC(N)=O)cc2)C2CC2)cc1. The van der Waals surface area contributed by atoms with Crippen LogP contribution in [0.15, 0.2) is 48.5 Å². The van der Waals surface area contributed by atoms with Crippen LogP contribution in [0.2, 0.25) is 0 Å². The lowest BCUT2D eigenvalue weighted by Crippen LogP contribution is -2.29. The van der Waals surface area contributed by atoms with Gasteiger partial charge in [0, 0.05) is 5.56 Å². The van der Waals surface area contributed by atoms with E-state index in [1.54, 1.807) is 24.3 Å². The van der Waals surface area contributed by atoms with Crippen LogP contribution in [0.5, 0.6) is 5.75 Å². The summed E-state index contributed by atoms with van der Waals surface area (Å²) < 4.78 is 5.21. The van der Waals surface area contributed by atoms with Crippen LogP contribution in [0, 0.1) is 12.8 Å². The molecule has 25 heavy (non-hydrogen) atoms. The standard InChI is InChI=1S/C20H22N2O3/c1-13-2-4-14(5-3-13)19(15-6-7-15)22-20(24)16-8-10-17(11-9-16)25-12-18(21)23/h2-5,8-11,15,19H,6-7,12H2,1H3,(H2,21,23)(H,22,24). The molecule has 0 bridgehead atoms. The summed E-state index contributed by atoms with van der Waals surface area (Å²) in [6, 6.07) is 15.0. The largest absolute Gasteiger partial charge is 0.484 e. The van der Waals surface area contributed by atoms with Crippen LogP contribution >= 0.6 is 0 Å². The van der Waals surface area contributed by atoms with E-state index in [-0.39, 0.29) is 18.6 Å². The molecule has 2 aromatic carbocycles. The number of carbonyl (C=O) groups is 2. The number of amides is 2. The monoisotopic (exact) mass is 338 g/mol.